The van der Waals surface area contributed by atoms with Gasteiger partial charge in [0.15, 0.2) is 0 Å². The van der Waals surface area contributed by atoms with Crippen molar-refractivity contribution in [3.8, 4) is 0 Å². The molecule has 2 atom stereocenters. The van der Waals surface area contributed by atoms with Crippen LogP contribution in [0.5, 0.6) is 0 Å². The minimum absolute atomic E-state index is 0.0700. The maximum Gasteiger partial charge on any atom is 0.254 e. The van der Waals surface area contributed by atoms with Gasteiger partial charge in [0, 0.05) is 35.0 Å². The fraction of sp³-hybridized carbons (Fsp3) is 0.529. The molecule has 112 valence electrons. The summed E-state index contributed by atoms with van der Waals surface area (Å²) in [5.74, 6) is 0.505. The number of amides is 1. The van der Waals surface area contributed by atoms with Gasteiger partial charge >= 0.3 is 0 Å². The van der Waals surface area contributed by atoms with Crippen LogP contribution < -0.4 is 0 Å². The maximum absolute atomic E-state index is 12.7. The molecule has 21 heavy (non-hydrogen) atoms. The van der Waals surface area contributed by atoms with Crippen molar-refractivity contribution in [2.45, 2.75) is 44.6 Å². The Hall–Kier alpha value is -1.16. The van der Waals surface area contributed by atoms with Gasteiger partial charge in [0.1, 0.15) is 5.78 Å². The van der Waals surface area contributed by atoms with Gasteiger partial charge < -0.3 is 4.90 Å². The Kier molecular flexibility index (Phi) is 4.43. The molecule has 1 saturated carbocycles. The van der Waals surface area contributed by atoms with Crippen molar-refractivity contribution in [3.05, 3.63) is 34.3 Å². The topological polar surface area (TPSA) is 37.4 Å². The minimum Gasteiger partial charge on any atom is -0.335 e. The number of carbonyl (C=O) groups is 2. The molecule has 2 fully saturated rings. The van der Waals surface area contributed by atoms with Crippen LogP contribution in [0.2, 0.25) is 0 Å². The zero-order valence-corrected chi connectivity index (χ0v) is 13.6. The van der Waals surface area contributed by atoms with Crippen LogP contribution in [0.25, 0.3) is 0 Å². The van der Waals surface area contributed by atoms with Gasteiger partial charge in [-0.25, -0.2) is 0 Å². The molecule has 3 nitrogen and oxygen atoms in total. The third-order valence-electron chi connectivity index (χ3n) is 4.72. The van der Waals surface area contributed by atoms with E-state index < -0.39 is 0 Å². The van der Waals surface area contributed by atoms with Gasteiger partial charge in [-0.2, -0.15) is 0 Å². The first-order valence-corrected chi connectivity index (χ1v) is 8.55. The van der Waals surface area contributed by atoms with Crippen LogP contribution in [0.4, 0.5) is 0 Å². The quantitative estimate of drug-likeness (QED) is 0.813. The highest BCUT2D eigenvalue weighted by molar-refractivity contribution is 9.10. The van der Waals surface area contributed by atoms with Gasteiger partial charge in [-0.1, -0.05) is 22.4 Å². The number of Topliss-reactive ketones (excluding diaryl/α,β-unsaturated/α-hetero) is 1. The summed E-state index contributed by atoms with van der Waals surface area (Å²) in [6, 6.07) is 7.61. The molecule has 2 aliphatic rings. The van der Waals surface area contributed by atoms with Crippen molar-refractivity contribution in [2.24, 2.45) is 5.92 Å². The molecule has 4 heteroatoms. The van der Waals surface area contributed by atoms with Crippen LogP contribution in [0, 0.1) is 5.92 Å². The number of hydrogen-bond donors (Lipinski definition) is 0. The third kappa shape index (κ3) is 3.05. The largest absolute Gasteiger partial charge is 0.335 e. The minimum atomic E-state index is 0.0700. The smallest absolute Gasteiger partial charge is 0.254 e. The molecule has 2 unspecified atom stereocenters. The van der Waals surface area contributed by atoms with Crippen LogP contribution in [0.1, 0.15) is 48.9 Å². The number of likely N-dealkylation sites (tertiary alicyclic amines) is 1. The number of nitrogens with zero attached hydrogens (tertiary/aromatic N) is 1. The Morgan fingerprint density at radius 1 is 1.10 bits per heavy atom. The van der Waals surface area contributed by atoms with E-state index in [0.29, 0.717) is 17.8 Å². The molecule has 1 amide bonds. The fourth-order valence-electron chi connectivity index (χ4n) is 3.64. The molecule has 3 rings (SSSR count). The second-order valence-corrected chi connectivity index (χ2v) is 6.95. The number of ketones is 1. The van der Waals surface area contributed by atoms with Crippen LogP contribution >= 0.6 is 15.9 Å². The van der Waals surface area contributed by atoms with E-state index in [4.69, 9.17) is 0 Å². The molecule has 1 aromatic rings. The monoisotopic (exact) mass is 349 g/mol. The summed E-state index contributed by atoms with van der Waals surface area (Å²) in [7, 11) is 0. The maximum atomic E-state index is 12.7. The predicted octanol–water partition coefficient (Wildman–Crippen LogP) is 3.81. The van der Waals surface area contributed by atoms with Gasteiger partial charge in [-0.3, -0.25) is 9.59 Å². The van der Waals surface area contributed by atoms with E-state index in [9.17, 15) is 9.59 Å². The normalized spacial score (nSPS) is 26.1. The SMILES string of the molecule is O=C1CCCCC1C1CCCN1C(=O)c1ccc(Br)cc1. The van der Waals surface area contributed by atoms with Gasteiger partial charge in [-0.15, -0.1) is 0 Å². The lowest BCUT2D eigenvalue weighted by Crippen LogP contribution is -2.43. The lowest BCUT2D eigenvalue weighted by molar-refractivity contribution is -0.126. The van der Waals surface area contributed by atoms with Crippen molar-refractivity contribution in [1.82, 2.24) is 4.90 Å². The molecule has 0 N–H and O–H groups in total. The van der Waals surface area contributed by atoms with E-state index in [2.05, 4.69) is 15.9 Å². The summed E-state index contributed by atoms with van der Waals surface area (Å²) in [6.07, 6.45) is 5.76. The van der Waals surface area contributed by atoms with E-state index in [-0.39, 0.29) is 17.9 Å². The summed E-state index contributed by atoms with van der Waals surface area (Å²) in [6.45, 7) is 0.781. The number of benzene rings is 1. The first-order valence-electron chi connectivity index (χ1n) is 7.76. The number of hydrogen-bond acceptors (Lipinski definition) is 2. The molecule has 1 aromatic carbocycles. The summed E-state index contributed by atoms with van der Waals surface area (Å²) >= 11 is 3.39. The molecular weight excluding hydrogens is 330 g/mol. The second-order valence-electron chi connectivity index (χ2n) is 6.03. The zero-order chi connectivity index (χ0) is 14.8. The number of rotatable bonds is 2. The van der Waals surface area contributed by atoms with Gasteiger partial charge in [-0.05, 0) is 49.9 Å². The molecular formula is C17H20BrNO2. The first kappa shape index (κ1) is 14.8. The van der Waals surface area contributed by atoms with Crippen LogP contribution in [-0.4, -0.2) is 29.2 Å². The van der Waals surface area contributed by atoms with Crippen molar-refractivity contribution < 1.29 is 9.59 Å². The average Bonchev–Trinajstić information content (AvgIpc) is 2.97. The molecule has 0 bridgehead atoms. The van der Waals surface area contributed by atoms with E-state index in [1.54, 1.807) is 0 Å². The molecule has 0 spiro atoms. The van der Waals surface area contributed by atoms with Crippen molar-refractivity contribution in [1.29, 1.82) is 0 Å². The Morgan fingerprint density at radius 3 is 2.57 bits per heavy atom. The Bertz CT molecular complexity index is 540. The summed E-state index contributed by atoms with van der Waals surface area (Å²) in [5, 5.41) is 0. The van der Waals surface area contributed by atoms with Crippen LogP contribution in [-0.2, 0) is 4.79 Å². The Balaban J connectivity index is 1.78. The van der Waals surface area contributed by atoms with E-state index in [0.717, 1.165) is 43.1 Å². The van der Waals surface area contributed by atoms with Crippen LogP contribution in [0.15, 0.2) is 28.7 Å². The lowest BCUT2D eigenvalue weighted by Gasteiger charge is -2.33. The zero-order valence-electron chi connectivity index (χ0n) is 12.1. The highest BCUT2D eigenvalue weighted by Crippen LogP contribution is 2.33. The Labute approximate surface area is 133 Å². The summed E-state index contributed by atoms with van der Waals surface area (Å²) in [5.41, 5.74) is 0.716. The van der Waals surface area contributed by atoms with E-state index >= 15 is 0 Å². The molecule has 1 heterocycles. The molecule has 0 aromatic heterocycles. The van der Waals surface area contributed by atoms with Gasteiger partial charge in [0.05, 0.1) is 0 Å². The predicted molar refractivity (Wildman–Crippen MR) is 85.2 cm³/mol. The van der Waals surface area contributed by atoms with Crippen molar-refractivity contribution in [2.75, 3.05) is 6.54 Å². The van der Waals surface area contributed by atoms with E-state index in [1.165, 1.54) is 0 Å². The Morgan fingerprint density at radius 2 is 1.86 bits per heavy atom. The van der Waals surface area contributed by atoms with Crippen LogP contribution in [0.3, 0.4) is 0 Å². The molecule has 1 aliphatic heterocycles. The highest BCUT2D eigenvalue weighted by atomic mass is 79.9. The second kappa shape index (κ2) is 6.30. The summed E-state index contributed by atoms with van der Waals surface area (Å²) in [4.78, 5) is 26.8. The first-order chi connectivity index (χ1) is 10.2. The van der Waals surface area contributed by atoms with Gasteiger partial charge in [0.25, 0.3) is 5.91 Å². The van der Waals surface area contributed by atoms with Crippen molar-refractivity contribution in [3.63, 3.8) is 0 Å². The van der Waals surface area contributed by atoms with E-state index in [1.807, 2.05) is 29.2 Å². The lowest BCUT2D eigenvalue weighted by atomic mass is 9.81. The summed E-state index contributed by atoms with van der Waals surface area (Å²) < 4.78 is 0.972. The average molecular weight is 350 g/mol. The molecule has 1 saturated heterocycles. The van der Waals surface area contributed by atoms with Crippen molar-refractivity contribution >= 4 is 27.6 Å². The van der Waals surface area contributed by atoms with Gasteiger partial charge in [0.2, 0.25) is 0 Å². The third-order valence-corrected chi connectivity index (χ3v) is 5.25. The molecule has 1 aliphatic carbocycles. The fourth-order valence-corrected chi connectivity index (χ4v) is 3.90. The standard InChI is InChI=1S/C17H20BrNO2/c18-13-9-7-12(8-10-13)17(21)19-11-3-5-15(19)14-4-1-2-6-16(14)20/h7-10,14-15H,1-6,11H2. The molecule has 0 radical (unpaired) electrons. The number of carbonyl (C=O) groups excluding carboxylic acids is 2. The highest BCUT2D eigenvalue weighted by Gasteiger charge is 2.39. The number of halogens is 1.